The van der Waals surface area contributed by atoms with Crippen LogP contribution in [-0.4, -0.2) is 24.3 Å². The summed E-state index contributed by atoms with van der Waals surface area (Å²) in [6.07, 6.45) is 4.95. The Balaban J connectivity index is 1.57. The molecule has 37 heavy (non-hydrogen) atoms. The monoisotopic (exact) mass is 504 g/mol. The van der Waals surface area contributed by atoms with E-state index in [2.05, 4.69) is 21.1 Å². The van der Waals surface area contributed by atoms with Gasteiger partial charge in [0, 0.05) is 46.4 Å². The van der Waals surface area contributed by atoms with Crippen LogP contribution < -0.4 is 11.2 Å². The van der Waals surface area contributed by atoms with Crippen LogP contribution in [0.5, 0.6) is 0 Å². The molecule has 0 spiro atoms. The average Bonchev–Trinajstić information content (AvgIpc) is 3.29. The fourth-order valence-corrected chi connectivity index (χ4v) is 4.96. The van der Waals surface area contributed by atoms with Gasteiger partial charge in [0.1, 0.15) is 6.07 Å². The molecule has 6 rings (SSSR count). The van der Waals surface area contributed by atoms with Gasteiger partial charge in [-0.15, -0.1) is 0 Å². The summed E-state index contributed by atoms with van der Waals surface area (Å²) in [5.41, 5.74) is 2.71. The van der Waals surface area contributed by atoms with E-state index in [9.17, 15) is 14.9 Å². The third-order valence-electron chi connectivity index (χ3n) is 6.31. The first-order chi connectivity index (χ1) is 18.0. The second kappa shape index (κ2) is 8.59. The Morgan fingerprint density at radius 3 is 2.65 bits per heavy atom. The molecule has 8 nitrogen and oxygen atoms in total. The quantitative estimate of drug-likeness (QED) is 0.371. The van der Waals surface area contributed by atoms with Crippen molar-refractivity contribution in [1.82, 2.24) is 24.3 Å². The second-order valence-corrected chi connectivity index (χ2v) is 8.96. The number of aromatic amines is 1. The molecule has 0 unspecified atom stereocenters. The van der Waals surface area contributed by atoms with Gasteiger partial charge in [-0.05, 0) is 29.3 Å². The van der Waals surface area contributed by atoms with Crippen LogP contribution in [0, 0.1) is 11.3 Å². The fourth-order valence-electron chi connectivity index (χ4n) is 4.68. The molecule has 0 radical (unpaired) electrons. The SMILES string of the molecule is Cn1cc(-c2cccc(Cl)c2-c2ccc3c(=O)n(-c4cncc5ccccc45)c(=O)[nH]c3c2)c(C#N)n1. The summed E-state index contributed by atoms with van der Waals surface area (Å²) in [4.78, 5) is 33.8. The number of halogens is 1. The minimum atomic E-state index is -0.578. The van der Waals surface area contributed by atoms with E-state index in [-0.39, 0.29) is 5.69 Å². The van der Waals surface area contributed by atoms with Crippen LogP contribution in [0.2, 0.25) is 5.02 Å². The number of aryl methyl sites for hydroxylation is 1. The minimum absolute atomic E-state index is 0.270. The van der Waals surface area contributed by atoms with E-state index in [0.29, 0.717) is 43.9 Å². The van der Waals surface area contributed by atoms with Crippen LogP contribution >= 0.6 is 11.6 Å². The van der Waals surface area contributed by atoms with Crippen molar-refractivity contribution in [3.8, 4) is 34.0 Å². The van der Waals surface area contributed by atoms with Crippen molar-refractivity contribution < 1.29 is 0 Å². The zero-order chi connectivity index (χ0) is 25.7. The standard InChI is InChI=1S/C28H17ClN6O2/c1-34-15-21(24(12-30)33-34)19-7-4-8-22(29)26(19)16-9-10-20-23(11-16)32-28(37)35(27(20)36)25-14-31-13-17-5-2-3-6-18(17)25/h2-11,13-15H,1H3,(H,32,37). The summed E-state index contributed by atoms with van der Waals surface area (Å²) >= 11 is 6.64. The van der Waals surface area contributed by atoms with E-state index in [0.717, 1.165) is 15.3 Å². The lowest BCUT2D eigenvalue weighted by Gasteiger charge is -2.13. The highest BCUT2D eigenvalue weighted by atomic mass is 35.5. The van der Waals surface area contributed by atoms with Crippen molar-refractivity contribution in [1.29, 1.82) is 5.26 Å². The third kappa shape index (κ3) is 3.61. The molecule has 0 bridgehead atoms. The van der Waals surface area contributed by atoms with Gasteiger partial charge in [0.25, 0.3) is 5.56 Å². The number of hydrogen-bond acceptors (Lipinski definition) is 5. The van der Waals surface area contributed by atoms with Gasteiger partial charge in [0.2, 0.25) is 0 Å². The first-order valence-electron chi connectivity index (χ1n) is 11.3. The molecule has 6 aromatic rings. The number of hydrogen-bond donors (Lipinski definition) is 1. The third-order valence-corrected chi connectivity index (χ3v) is 6.63. The summed E-state index contributed by atoms with van der Waals surface area (Å²) in [7, 11) is 1.74. The molecule has 178 valence electrons. The summed E-state index contributed by atoms with van der Waals surface area (Å²) in [6.45, 7) is 0. The minimum Gasteiger partial charge on any atom is -0.306 e. The molecule has 3 aromatic heterocycles. The highest BCUT2D eigenvalue weighted by Crippen LogP contribution is 2.39. The zero-order valence-corrected chi connectivity index (χ0v) is 20.2. The van der Waals surface area contributed by atoms with Crippen molar-refractivity contribution in [3.63, 3.8) is 0 Å². The van der Waals surface area contributed by atoms with Crippen LogP contribution in [0.1, 0.15) is 5.69 Å². The Hall–Kier alpha value is -5.00. The first kappa shape index (κ1) is 22.5. The largest absolute Gasteiger partial charge is 0.333 e. The molecule has 0 aliphatic heterocycles. The Labute approximate surface area is 214 Å². The van der Waals surface area contributed by atoms with Gasteiger partial charge in [0.15, 0.2) is 5.69 Å². The van der Waals surface area contributed by atoms with Gasteiger partial charge >= 0.3 is 5.69 Å². The Morgan fingerprint density at radius 2 is 1.81 bits per heavy atom. The van der Waals surface area contributed by atoms with Crippen molar-refractivity contribution in [2.45, 2.75) is 0 Å². The number of nitrogens with one attached hydrogen (secondary N) is 1. The van der Waals surface area contributed by atoms with E-state index in [4.69, 9.17) is 11.6 Å². The van der Waals surface area contributed by atoms with Gasteiger partial charge < -0.3 is 4.98 Å². The normalized spacial score (nSPS) is 11.2. The molecule has 0 fully saturated rings. The molecule has 0 saturated carbocycles. The molecule has 0 amide bonds. The summed E-state index contributed by atoms with van der Waals surface area (Å²) in [6, 6.07) is 20.1. The van der Waals surface area contributed by atoms with E-state index >= 15 is 0 Å². The highest BCUT2D eigenvalue weighted by Gasteiger charge is 2.19. The van der Waals surface area contributed by atoms with Gasteiger partial charge in [-0.3, -0.25) is 14.5 Å². The number of fused-ring (bicyclic) bond motifs is 2. The number of benzene rings is 3. The number of aromatic nitrogens is 5. The summed E-state index contributed by atoms with van der Waals surface area (Å²) in [5, 5.41) is 16.2. The van der Waals surface area contributed by atoms with Gasteiger partial charge in [-0.1, -0.05) is 54.1 Å². The molecule has 0 saturated heterocycles. The number of H-pyrrole nitrogens is 1. The number of pyridine rings is 1. The van der Waals surface area contributed by atoms with Crippen LogP contribution in [0.3, 0.4) is 0 Å². The lowest BCUT2D eigenvalue weighted by Crippen LogP contribution is -2.33. The van der Waals surface area contributed by atoms with Crippen molar-refractivity contribution in [2.75, 3.05) is 0 Å². The molecule has 3 heterocycles. The molecule has 3 aromatic carbocycles. The van der Waals surface area contributed by atoms with E-state index < -0.39 is 11.2 Å². The fraction of sp³-hybridized carbons (Fsp3) is 0.0357. The molecular formula is C28H17ClN6O2. The maximum atomic E-state index is 13.5. The predicted molar refractivity (Wildman–Crippen MR) is 143 cm³/mol. The number of nitriles is 1. The van der Waals surface area contributed by atoms with E-state index in [1.165, 1.54) is 6.20 Å². The molecule has 0 aliphatic rings. The maximum Gasteiger partial charge on any atom is 0.333 e. The number of nitrogens with zero attached hydrogens (tertiary/aromatic N) is 5. The Morgan fingerprint density at radius 1 is 0.973 bits per heavy atom. The van der Waals surface area contributed by atoms with Crippen LogP contribution in [0.25, 0.3) is 49.6 Å². The van der Waals surface area contributed by atoms with Crippen molar-refractivity contribution >= 4 is 33.3 Å². The second-order valence-electron chi connectivity index (χ2n) is 8.55. The zero-order valence-electron chi connectivity index (χ0n) is 19.4. The van der Waals surface area contributed by atoms with Gasteiger partial charge in [-0.2, -0.15) is 10.4 Å². The smallest absolute Gasteiger partial charge is 0.306 e. The Kier molecular flexibility index (Phi) is 5.21. The molecule has 9 heteroatoms. The molecule has 0 aliphatic carbocycles. The van der Waals surface area contributed by atoms with Gasteiger partial charge in [-0.25, -0.2) is 9.36 Å². The lowest BCUT2D eigenvalue weighted by molar-refractivity contribution is 0.763. The van der Waals surface area contributed by atoms with E-state index in [1.54, 1.807) is 54.5 Å². The summed E-state index contributed by atoms with van der Waals surface area (Å²) in [5.74, 6) is 0. The summed E-state index contributed by atoms with van der Waals surface area (Å²) < 4.78 is 2.67. The number of rotatable bonds is 3. The van der Waals surface area contributed by atoms with E-state index in [1.807, 2.05) is 30.3 Å². The lowest BCUT2D eigenvalue weighted by atomic mass is 9.94. The van der Waals surface area contributed by atoms with Gasteiger partial charge in [0.05, 0.1) is 22.8 Å². The Bertz CT molecular complexity index is 2020. The van der Waals surface area contributed by atoms with Crippen LogP contribution in [0.4, 0.5) is 0 Å². The molecule has 1 N–H and O–H groups in total. The molecular weight excluding hydrogens is 488 g/mol. The van der Waals surface area contributed by atoms with Crippen molar-refractivity contribution in [2.24, 2.45) is 7.05 Å². The first-order valence-corrected chi connectivity index (χ1v) is 11.7. The average molecular weight is 505 g/mol. The van der Waals surface area contributed by atoms with Crippen LogP contribution in [0.15, 0.2) is 88.8 Å². The van der Waals surface area contributed by atoms with Crippen molar-refractivity contribution in [3.05, 3.63) is 111 Å². The van der Waals surface area contributed by atoms with Crippen LogP contribution in [-0.2, 0) is 7.05 Å². The molecule has 0 atom stereocenters. The maximum absolute atomic E-state index is 13.5. The highest BCUT2D eigenvalue weighted by molar-refractivity contribution is 6.34. The predicted octanol–water partition coefficient (Wildman–Crippen LogP) is 4.82. The topological polar surface area (TPSA) is 109 Å².